The van der Waals surface area contributed by atoms with Crippen molar-refractivity contribution in [3.63, 3.8) is 0 Å². The van der Waals surface area contributed by atoms with Crippen molar-refractivity contribution < 1.29 is 9.53 Å². The monoisotopic (exact) mass is 238 g/mol. The van der Waals surface area contributed by atoms with Gasteiger partial charge in [0.25, 0.3) is 0 Å². The molecule has 1 aliphatic rings. The zero-order valence-corrected chi connectivity index (χ0v) is 10.7. The molecule has 3 N–H and O–H groups in total. The average molecular weight is 238 g/mol. The van der Waals surface area contributed by atoms with E-state index < -0.39 is 5.41 Å². The minimum Gasteiger partial charge on any atom is -0.381 e. The van der Waals surface area contributed by atoms with E-state index in [1.807, 2.05) is 13.8 Å². The molecule has 1 unspecified atom stereocenters. The van der Waals surface area contributed by atoms with E-state index in [4.69, 9.17) is 16.9 Å². The number of amides is 1. The van der Waals surface area contributed by atoms with Gasteiger partial charge in [-0.3, -0.25) is 4.79 Å². The van der Waals surface area contributed by atoms with Gasteiger partial charge < -0.3 is 15.8 Å². The third kappa shape index (κ3) is 3.21. The Morgan fingerprint density at radius 1 is 1.53 bits per heavy atom. The van der Waals surface area contributed by atoms with E-state index in [-0.39, 0.29) is 17.9 Å². The van der Waals surface area contributed by atoms with E-state index in [9.17, 15) is 4.79 Å². The summed E-state index contributed by atoms with van der Waals surface area (Å²) >= 11 is 0. The maximum absolute atomic E-state index is 12.3. The Hall–Kier alpha value is -1.05. The smallest absolute Gasteiger partial charge is 0.228 e. The highest BCUT2D eigenvalue weighted by atomic mass is 16.5. The molecule has 1 aliphatic heterocycles. The minimum absolute atomic E-state index is 0.0278. The molecule has 0 aromatic heterocycles. The number of hydrogen-bond acceptors (Lipinski definition) is 3. The highest BCUT2D eigenvalue weighted by Gasteiger charge is 2.39. The number of ether oxygens (including phenoxy) is 1. The van der Waals surface area contributed by atoms with E-state index in [0.29, 0.717) is 32.6 Å². The summed E-state index contributed by atoms with van der Waals surface area (Å²) in [6, 6.07) is -0.228. The molecule has 0 radical (unpaired) electrons. The van der Waals surface area contributed by atoms with Gasteiger partial charge in [-0.2, -0.15) is 0 Å². The lowest BCUT2D eigenvalue weighted by atomic mass is 9.79. The quantitative estimate of drug-likeness (QED) is 0.702. The predicted octanol–water partition coefficient (Wildman–Crippen LogP) is 0.516. The molecule has 1 fully saturated rings. The number of terminal acetylenes is 1. The van der Waals surface area contributed by atoms with Gasteiger partial charge >= 0.3 is 0 Å². The molecule has 0 aromatic rings. The summed E-state index contributed by atoms with van der Waals surface area (Å²) in [6.07, 6.45) is 6.76. The highest BCUT2D eigenvalue weighted by molar-refractivity contribution is 5.83. The second kappa shape index (κ2) is 6.04. The molecule has 0 aliphatic carbocycles. The second-order valence-electron chi connectivity index (χ2n) is 4.96. The van der Waals surface area contributed by atoms with Gasteiger partial charge in [-0.05, 0) is 18.8 Å². The van der Waals surface area contributed by atoms with Crippen LogP contribution in [0.1, 0.15) is 26.7 Å². The van der Waals surface area contributed by atoms with Crippen molar-refractivity contribution in [2.75, 3.05) is 19.8 Å². The predicted molar refractivity (Wildman–Crippen MR) is 67.1 cm³/mol. The lowest BCUT2D eigenvalue weighted by Gasteiger charge is -2.35. The van der Waals surface area contributed by atoms with Crippen molar-refractivity contribution in [2.45, 2.75) is 32.7 Å². The van der Waals surface area contributed by atoms with Crippen molar-refractivity contribution >= 4 is 5.91 Å². The molecule has 1 amide bonds. The molecule has 1 saturated heterocycles. The molecule has 0 spiro atoms. The van der Waals surface area contributed by atoms with Crippen LogP contribution < -0.4 is 11.1 Å². The lowest BCUT2D eigenvalue weighted by Crippen LogP contribution is -2.52. The molecule has 0 bridgehead atoms. The van der Waals surface area contributed by atoms with Gasteiger partial charge in [-0.1, -0.05) is 19.8 Å². The van der Waals surface area contributed by atoms with Crippen LogP contribution in [0.25, 0.3) is 0 Å². The van der Waals surface area contributed by atoms with Crippen LogP contribution >= 0.6 is 0 Å². The molecule has 4 nitrogen and oxygen atoms in total. The van der Waals surface area contributed by atoms with Gasteiger partial charge in [0.15, 0.2) is 0 Å². The Bertz CT molecular complexity index is 301. The Kier molecular flexibility index (Phi) is 4.98. The third-order valence-electron chi connectivity index (χ3n) is 3.46. The summed E-state index contributed by atoms with van der Waals surface area (Å²) in [6.45, 7) is 5.51. The van der Waals surface area contributed by atoms with E-state index >= 15 is 0 Å². The molecule has 0 aromatic carbocycles. The average Bonchev–Trinajstić information content (AvgIpc) is 2.35. The molecule has 1 heterocycles. The van der Waals surface area contributed by atoms with Crippen LogP contribution in [0.3, 0.4) is 0 Å². The fourth-order valence-corrected chi connectivity index (χ4v) is 1.98. The van der Waals surface area contributed by atoms with Crippen LogP contribution in [0.5, 0.6) is 0 Å². The molecule has 96 valence electrons. The fraction of sp³-hybridized carbons (Fsp3) is 0.769. The zero-order valence-electron chi connectivity index (χ0n) is 10.7. The number of carbonyl (C=O) groups excluding carboxylic acids is 1. The highest BCUT2D eigenvalue weighted by Crippen LogP contribution is 2.29. The SMILES string of the molecule is C#CC(NC(=O)C1(CN)CCOCC1)C(C)C. The lowest BCUT2D eigenvalue weighted by molar-refractivity contribution is -0.136. The van der Waals surface area contributed by atoms with Crippen LogP contribution in [0.15, 0.2) is 0 Å². The van der Waals surface area contributed by atoms with E-state index in [1.54, 1.807) is 0 Å². The summed E-state index contributed by atoms with van der Waals surface area (Å²) in [5.41, 5.74) is 5.27. The van der Waals surface area contributed by atoms with E-state index in [2.05, 4.69) is 11.2 Å². The number of hydrogen-bond donors (Lipinski definition) is 2. The molecule has 4 heteroatoms. The fourth-order valence-electron chi connectivity index (χ4n) is 1.98. The van der Waals surface area contributed by atoms with Gasteiger partial charge in [0, 0.05) is 19.8 Å². The normalized spacial score (nSPS) is 20.6. The van der Waals surface area contributed by atoms with Crippen molar-refractivity contribution in [2.24, 2.45) is 17.1 Å². The summed E-state index contributed by atoms with van der Waals surface area (Å²) in [7, 11) is 0. The second-order valence-corrected chi connectivity index (χ2v) is 4.96. The molecule has 1 rings (SSSR count). The third-order valence-corrected chi connectivity index (χ3v) is 3.46. The Labute approximate surface area is 103 Å². The first-order valence-electron chi connectivity index (χ1n) is 6.10. The molecular weight excluding hydrogens is 216 g/mol. The van der Waals surface area contributed by atoms with Crippen LogP contribution in [-0.4, -0.2) is 31.7 Å². The maximum atomic E-state index is 12.3. The largest absolute Gasteiger partial charge is 0.381 e. The molecular formula is C13H22N2O2. The summed E-state index contributed by atoms with van der Waals surface area (Å²) < 4.78 is 5.28. The topological polar surface area (TPSA) is 64.4 Å². The number of rotatable bonds is 4. The first-order chi connectivity index (χ1) is 8.05. The number of carbonyl (C=O) groups is 1. The standard InChI is InChI=1S/C13H22N2O2/c1-4-11(10(2)3)15-12(16)13(9-14)5-7-17-8-6-13/h1,10-11H,5-9,14H2,2-3H3,(H,15,16). The Morgan fingerprint density at radius 2 is 2.12 bits per heavy atom. The van der Waals surface area contributed by atoms with E-state index in [1.165, 1.54) is 0 Å². The van der Waals surface area contributed by atoms with Gasteiger partial charge in [0.05, 0.1) is 11.5 Å². The van der Waals surface area contributed by atoms with Crippen molar-refractivity contribution in [3.8, 4) is 12.3 Å². The van der Waals surface area contributed by atoms with Gasteiger partial charge in [-0.15, -0.1) is 6.42 Å². The van der Waals surface area contributed by atoms with Gasteiger partial charge in [0.2, 0.25) is 5.91 Å². The van der Waals surface area contributed by atoms with Crippen LogP contribution in [0.2, 0.25) is 0 Å². The van der Waals surface area contributed by atoms with Crippen LogP contribution in [-0.2, 0) is 9.53 Å². The Morgan fingerprint density at radius 3 is 2.53 bits per heavy atom. The number of nitrogens with one attached hydrogen (secondary N) is 1. The summed E-state index contributed by atoms with van der Waals surface area (Å²) in [4.78, 5) is 12.3. The first kappa shape index (κ1) is 14.0. The minimum atomic E-state index is -0.498. The maximum Gasteiger partial charge on any atom is 0.228 e. The molecule has 0 saturated carbocycles. The van der Waals surface area contributed by atoms with Crippen molar-refractivity contribution in [3.05, 3.63) is 0 Å². The summed E-state index contributed by atoms with van der Waals surface area (Å²) in [5, 5.41) is 2.92. The van der Waals surface area contributed by atoms with Gasteiger partial charge in [0.1, 0.15) is 0 Å². The molecule has 1 atom stereocenters. The first-order valence-corrected chi connectivity index (χ1v) is 6.10. The van der Waals surface area contributed by atoms with Crippen molar-refractivity contribution in [1.82, 2.24) is 5.32 Å². The van der Waals surface area contributed by atoms with E-state index in [0.717, 1.165) is 0 Å². The van der Waals surface area contributed by atoms with Crippen molar-refractivity contribution in [1.29, 1.82) is 0 Å². The molecule has 17 heavy (non-hydrogen) atoms. The van der Waals surface area contributed by atoms with Crippen LogP contribution in [0, 0.1) is 23.7 Å². The van der Waals surface area contributed by atoms with Gasteiger partial charge in [-0.25, -0.2) is 0 Å². The van der Waals surface area contributed by atoms with Crippen LogP contribution in [0.4, 0.5) is 0 Å². The summed E-state index contributed by atoms with van der Waals surface area (Å²) in [5.74, 6) is 2.80. The Balaban J connectivity index is 2.69. The zero-order chi connectivity index (χ0) is 12.9. The number of nitrogens with two attached hydrogens (primary N) is 1.